The van der Waals surface area contributed by atoms with E-state index in [-0.39, 0.29) is 6.61 Å². The summed E-state index contributed by atoms with van der Waals surface area (Å²) in [5, 5.41) is 13.3. The lowest BCUT2D eigenvalue weighted by molar-refractivity contribution is 0.286. The molecule has 0 aliphatic heterocycles. The van der Waals surface area contributed by atoms with E-state index in [4.69, 9.17) is 5.11 Å². The number of benzene rings is 1. The van der Waals surface area contributed by atoms with Gasteiger partial charge in [-0.15, -0.1) is 0 Å². The number of anilines is 1. The Labute approximate surface area is 95.7 Å². The van der Waals surface area contributed by atoms with Crippen LogP contribution in [0.5, 0.6) is 0 Å². The Kier molecular flexibility index (Phi) is 3.47. The predicted molar refractivity (Wildman–Crippen MR) is 67.7 cm³/mol. The van der Waals surface area contributed by atoms with Gasteiger partial charge >= 0.3 is 0 Å². The van der Waals surface area contributed by atoms with Crippen molar-refractivity contribution in [1.82, 2.24) is 4.57 Å². The quantitative estimate of drug-likeness (QED) is 0.756. The Morgan fingerprint density at radius 3 is 2.94 bits per heavy atom. The van der Waals surface area contributed by atoms with Crippen molar-refractivity contribution in [3.63, 3.8) is 0 Å². The molecule has 0 bridgehead atoms. The number of unbranched alkanes of at least 4 members (excludes halogenated alkanes) is 1. The first kappa shape index (κ1) is 11.0. The van der Waals surface area contributed by atoms with Crippen LogP contribution < -0.4 is 5.32 Å². The molecule has 3 nitrogen and oxygen atoms in total. The standard InChI is InChI=1S/C13H18N2O/c1-15-8-6-11-10-12(4-5-13(11)15)14-7-2-3-9-16/h4-6,8,10,14,16H,2-3,7,9H2,1H3. The molecule has 2 N–H and O–H groups in total. The second-order valence-electron chi connectivity index (χ2n) is 4.06. The van der Waals surface area contributed by atoms with Gasteiger partial charge in [0.1, 0.15) is 0 Å². The van der Waals surface area contributed by atoms with E-state index in [1.807, 2.05) is 0 Å². The summed E-state index contributed by atoms with van der Waals surface area (Å²) in [6, 6.07) is 8.51. The second-order valence-corrected chi connectivity index (χ2v) is 4.06. The van der Waals surface area contributed by atoms with Gasteiger partial charge in [0, 0.05) is 43.0 Å². The van der Waals surface area contributed by atoms with E-state index >= 15 is 0 Å². The van der Waals surface area contributed by atoms with Crippen LogP contribution >= 0.6 is 0 Å². The third-order valence-electron chi connectivity index (χ3n) is 2.80. The summed E-state index contributed by atoms with van der Waals surface area (Å²) in [5.41, 5.74) is 2.40. The molecular weight excluding hydrogens is 200 g/mol. The van der Waals surface area contributed by atoms with Crippen molar-refractivity contribution in [2.45, 2.75) is 12.8 Å². The van der Waals surface area contributed by atoms with Crippen LogP contribution in [-0.2, 0) is 7.05 Å². The number of rotatable bonds is 5. The maximum absolute atomic E-state index is 8.68. The Morgan fingerprint density at radius 1 is 1.25 bits per heavy atom. The van der Waals surface area contributed by atoms with Gasteiger partial charge in [-0.3, -0.25) is 0 Å². The molecule has 3 heteroatoms. The molecule has 2 rings (SSSR count). The molecule has 0 radical (unpaired) electrons. The molecule has 0 spiro atoms. The highest BCUT2D eigenvalue weighted by atomic mass is 16.2. The summed E-state index contributed by atoms with van der Waals surface area (Å²) >= 11 is 0. The van der Waals surface area contributed by atoms with Crippen LogP contribution in [0.15, 0.2) is 30.5 Å². The average molecular weight is 218 g/mol. The lowest BCUT2D eigenvalue weighted by atomic mass is 10.2. The van der Waals surface area contributed by atoms with Crippen molar-refractivity contribution in [3.8, 4) is 0 Å². The third kappa shape index (κ3) is 2.36. The number of aryl methyl sites for hydroxylation is 1. The SMILES string of the molecule is Cn1ccc2cc(NCCCCO)ccc21. The number of hydrogen-bond donors (Lipinski definition) is 2. The van der Waals surface area contributed by atoms with Crippen LogP contribution in [0, 0.1) is 0 Å². The van der Waals surface area contributed by atoms with E-state index in [0.29, 0.717) is 0 Å². The number of aromatic nitrogens is 1. The number of hydrogen-bond acceptors (Lipinski definition) is 2. The molecule has 16 heavy (non-hydrogen) atoms. The molecule has 0 amide bonds. The third-order valence-corrected chi connectivity index (χ3v) is 2.80. The summed E-state index contributed by atoms with van der Waals surface area (Å²) in [6.07, 6.45) is 3.93. The van der Waals surface area contributed by atoms with Crippen LogP contribution in [0.3, 0.4) is 0 Å². The van der Waals surface area contributed by atoms with Gasteiger partial charge in [0.25, 0.3) is 0 Å². The van der Waals surface area contributed by atoms with E-state index < -0.39 is 0 Å². The Bertz CT molecular complexity index is 462. The molecule has 0 saturated carbocycles. The molecule has 0 saturated heterocycles. The molecule has 86 valence electrons. The predicted octanol–water partition coefficient (Wildman–Crippen LogP) is 2.36. The van der Waals surface area contributed by atoms with Gasteiger partial charge in [0.05, 0.1) is 0 Å². The number of nitrogens with one attached hydrogen (secondary N) is 1. The van der Waals surface area contributed by atoms with Gasteiger partial charge in [0.2, 0.25) is 0 Å². The van der Waals surface area contributed by atoms with Gasteiger partial charge in [-0.2, -0.15) is 0 Å². The van der Waals surface area contributed by atoms with Gasteiger partial charge < -0.3 is 15.0 Å². The maximum Gasteiger partial charge on any atom is 0.0479 e. The van der Waals surface area contributed by atoms with E-state index in [0.717, 1.165) is 25.1 Å². The number of aliphatic hydroxyl groups is 1. The molecule has 1 heterocycles. The summed E-state index contributed by atoms with van der Waals surface area (Å²) in [5.74, 6) is 0. The lowest BCUT2D eigenvalue weighted by Crippen LogP contribution is -2.02. The molecule has 0 atom stereocenters. The second kappa shape index (κ2) is 5.03. The first-order chi connectivity index (χ1) is 7.81. The minimum absolute atomic E-state index is 0.277. The lowest BCUT2D eigenvalue weighted by Gasteiger charge is -2.06. The Hall–Kier alpha value is -1.48. The summed E-state index contributed by atoms with van der Waals surface area (Å²) < 4.78 is 2.12. The highest BCUT2D eigenvalue weighted by Gasteiger charge is 1.98. The minimum atomic E-state index is 0.277. The molecule has 2 aromatic rings. The molecule has 1 aromatic carbocycles. The van der Waals surface area contributed by atoms with Crippen LogP contribution in [0.1, 0.15) is 12.8 Å². The zero-order valence-electron chi connectivity index (χ0n) is 9.61. The summed E-state index contributed by atoms with van der Waals surface area (Å²) in [7, 11) is 2.05. The number of aliphatic hydroxyl groups excluding tert-OH is 1. The molecule has 0 aliphatic carbocycles. The van der Waals surface area contributed by atoms with E-state index in [9.17, 15) is 0 Å². The fourth-order valence-electron chi connectivity index (χ4n) is 1.86. The molecular formula is C13H18N2O. The molecule has 0 unspecified atom stereocenters. The smallest absolute Gasteiger partial charge is 0.0479 e. The molecule has 0 fully saturated rings. The fourth-order valence-corrected chi connectivity index (χ4v) is 1.86. The Balaban J connectivity index is 2.02. The van der Waals surface area contributed by atoms with Gasteiger partial charge in [-0.1, -0.05) is 0 Å². The van der Waals surface area contributed by atoms with E-state index in [2.05, 4.69) is 47.4 Å². The molecule has 1 aromatic heterocycles. The van der Waals surface area contributed by atoms with Crippen LogP contribution in [0.4, 0.5) is 5.69 Å². The van der Waals surface area contributed by atoms with Crippen molar-refractivity contribution in [2.24, 2.45) is 7.05 Å². The average Bonchev–Trinajstić information content (AvgIpc) is 2.66. The minimum Gasteiger partial charge on any atom is -0.396 e. The van der Waals surface area contributed by atoms with Crippen molar-refractivity contribution < 1.29 is 5.11 Å². The van der Waals surface area contributed by atoms with Crippen molar-refractivity contribution in [1.29, 1.82) is 0 Å². The van der Waals surface area contributed by atoms with Crippen LogP contribution in [0.25, 0.3) is 10.9 Å². The van der Waals surface area contributed by atoms with Gasteiger partial charge in [0.15, 0.2) is 0 Å². The van der Waals surface area contributed by atoms with Crippen molar-refractivity contribution >= 4 is 16.6 Å². The topological polar surface area (TPSA) is 37.2 Å². The zero-order valence-corrected chi connectivity index (χ0v) is 9.61. The van der Waals surface area contributed by atoms with Gasteiger partial charge in [-0.05, 0) is 37.1 Å². The zero-order chi connectivity index (χ0) is 11.4. The monoisotopic (exact) mass is 218 g/mol. The number of nitrogens with zero attached hydrogens (tertiary/aromatic N) is 1. The normalized spacial score (nSPS) is 10.9. The highest BCUT2D eigenvalue weighted by molar-refractivity contribution is 5.83. The maximum atomic E-state index is 8.68. The van der Waals surface area contributed by atoms with Gasteiger partial charge in [-0.25, -0.2) is 0 Å². The number of fused-ring (bicyclic) bond motifs is 1. The Morgan fingerprint density at radius 2 is 2.12 bits per heavy atom. The largest absolute Gasteiger partial charge is 0.396 e. The fraction of sp³-hybridized carbons (Fsp3) is 0.385. The first-order valence-corrected chi connectivity index (χ1v) is 5.71. The van der Waals surface area contributed by atoms with E-state index in [1.54, 1.807) is 0 Å². The van der Waals surface area contributed by atoms with Crippen molar-refractivity contribution in [3.05, 3.63) is 30.5 Å². The van der Waals surface area contributed by atoms with E-state index in [1.165, 1.54) is 10.9 Å². The molecule has 0 aliphatic rings. The van der Waals surface area contributed by atoms with Crippen LogP contribution in [-0.4, -0.2) is 22.8 Å². The summed E-state index contributed by atoms with van der Waals surface area (Å²) in [6.45, 7) is 1.19. The van der Waals surface area contributed by atoms with Crippen molar-refractivity contribution in [2.75, 3.05) is 18.5 Å². The first-order valence-electron chi connectivity index (χ1n) is 5.71. The van der Waals surface area contributed by atoms with Crippen LogP contribution in [0.2, 0.25) is 0 Å². The summed E-state index contributed by atoms with van der Waals surface area (Å²) in [4.78, 5) is 0. The highest BCUT2D eigenvalue weighted by Crippen LogP contribution is 2.19.